The SMILES string of the molecule is CN1C(=O)C2(C(=O)N(C)c3cc4c(cc32)OCCO4)c2ccccc21. The van der Waals surface area contributed by atoms with E-state index < -0.39 is 5.41 Å². The van der Waals surface area contributed by atoms with Gasteiger partial charge in [-0.2, -0.15) is 0 Å². The van der Waals surface area contributed by atoms with Gasteiger partial charge in [-0.15, -0.1) is 0 Å². The summed E-state index contributed by atoms with van der Waals surface area (Å²) >= 11 is 0. The summed E-state index contributed by atoms with van der Waals surface area (Å²) in [4.78, 5) is 29.7. The van der Waals surface area contributed by atoms with Gasteiger partial charge >= 0.3 is 0 Å². The Morgan fingerprint density at radius 2 is 1.44 bits per heavy atom. The predicted octanol–water partition coefficient (Wildman–Crippen LogP) is 1.70. The molecule has 0 bridgehead atoms. The van der Waals surface area contributed by atoms with Crippen molar-refractivity contribution >= 4 is 23.2 Å². The third-order valence-electron chi connectivity index (χ3n) is 5.35. The second kappa shape index (κ2) is 4.53. The number of fused-ring (bicyclic) bond motifs is 5. The first-order valence-corrected chi connectivity index (χ1v) is 8.16. The van der Waals surface area contributed by atoms with E-state index in [1.54, 1.807) is 36.0 Å². The number of carbonyl (C=O) groups excluding carboxylic acids is 2. The number of anilines is 2. The van der Waals surface area contributed by atoms with Crippen molar-refractivity contribution in [3.63, 3.8) is 0 Å². The van der Waals surface area contributed by atoms with Gasteiger partial charge in [0.05, 0.1) is 5.69 Å². The van der Waals surface area contributed by atoms with Gasteiger partial charge in [-0.05, 0) is 12.1 Å². The van der Waals surface area contributed by atoms with Crippen molar-refractivity contribution in [2.75, 3.05) is 37.1 Å². The van der Waals surface area contributed by atoms with Crippen LogP contribution in [0.4, 0.5) is 11.4 Å². The van der Waals surface area contributed by atoms with E-state index in [2.05, 4.69) is 0 Å². The summed E-state index contributed by atoms with van der Waals surface area (Å²) in [6.07, 6.45) is 0. The van der Waals surface area contributed by atoms with Crippen LogP contribution in [0.2, 0.25) is 0 Å². The molecule has 5 rings (SSSR count). The fourth-order valence-corrected chi connectivity index (χ4v) is 4.16. The molecule has 1 spiro atoms. The van der Waals surface area contributed by atoms with Crippen LogP contribution < -0.4 is 19.3 Å². The molecule has 3 aliphatic heterocycles. The van der Waals surface area contributed by atoms with Crippen LogP contribution in [0, 0.1) is 0 Å². The number of nitrogens with zero attached hydrogens (tertiary/aromatic N) is 2. The Labute approximate surface area is 144 Å². The Kier molecular flexibility index (Phi) is 2.60. The zero-order valence-corrected chi connectivity index (χ0v) is 13.9. The standard InChI is InChI=1S/C19H16N2O4/c1-20-13-6-4-3-5-11(13)19(17(20)22)12-9-15-16(25-8-7-24-15)10-14(12)21(2)18(19)23/h3-6,9-10H,7-8H2,1-2H3. The van der Waals surface area contributed by atoms with E-state index in [-0.39, 0.29) is 11.8 Å². The van der Waals surface area contributed by atoms with Crippen molar-refractivity contribution in [3.8, 4) is 11.5 Å². The molecule has 3 heterocycles. The average molecular weight is 336 g/mol. The normalized spacial score (nSPS) is 23.3. The molecule has 0 aromatic heterocycles. The third-order valence-corrected chi connectivity index (χ3v) is 5.35. The Hall–Kier alpha value is -3.02. The van der Waals surface area contributed by atoms with Crippen molar-refractivity contribution in [2.45, 2.75) is 5.41 Å². The number of carbonyl (C=O) groups is 2. The van der Waals surface area contributed by atoms with E-state index in [9.17, 15) is 9.59 Å². The minimum Gasteiger partial charge on any atom is -0.486 e. The number of amides is 2. The molecule has 1 atom stereocenters. The molecule has 6 heteroatoms. The summed E-state index contributed by atoms with van der Waals surface area (Å²) in [6, 6.07) is 11.0. The summed E-state index contributed by atoms with van der Waals surface area (Å²) in [6.45, 7) is 0.923. The zero-order valence-electron chi connectivity index (χ0n) is 13.9. The van der Waals surface area contributed by atoms with Gasteiger partial charge in [0.1, 0.15) is 13.2 Å². The maximum Gasteiger partial charge on any atom is 0.251 e. The summed E-state index contributed by atoms with van der Waals surface area (Å²) in [5.74, 6) is 0.703. The summed E-state index contributed by atoms with van der Waals surface area (Å²) in [5, 5.41) is 0. The van der Waals surface area contributed by atoms with Crippen LogP contribution in [0.15, 0.2) is 36.4 Å². The van der Waals surface area contributed by atoms with Crippen molar-refractivity contribution in [1.82, 2.24) is 0 Å². The summed E-state index contributed by atoms with van der Waals surface area (Å²) in [5.41, 5.74) is 1.48. The van der Waals surface area contributed by atoms with Crippen LogP contribution in [0.25, 0.3) is 0 Å². The molecule has 0 N–H and O–H groups in total. The lowest BCUT2D eigenvalue weighted by molar-refractivity contribution is -0.130. The molecule has 126 valence electrons. The van der Waals surface area contributed by atoms with Crippen molar-refractivity contribution in [2.24, 2.45) is 0 Å². The molecular weight excluding hydrogens is 320 g/mol. The molecule has 2 aromatic rings. The Morgan fingerprint density at radius 1 is 0.840 bits per heavy atom. The minimum absolute atomic E-state index is 0.235. The van der Waals surface area contributed by atoms with Gasteiger partial charge in [0.15, 0.2) is 16.9 Å². The van der Waals surface area contributed by atoms with Crippen LogP contribution in [0.3, 0.4) is 0 Å². The van der Waals surface area contributed by atoms with Gasteiger partial charge in [0, 0.05) is 37.0 Å². The Morgan fingerprint density at radius 3 is 2.16 bits per heavy atom. The summed E-state index contributed by atoms with van der Waals surface area (Å²) < 4.78 is 11.3. The number of para-hydroxylation sites is 1. The molecule has 2 amide bonds. The molecule has 2 aromatic carbocycles. The highest BCUT2D eigenvalue weighted by Gasteiger charge is 2.62. The monoisotopic (exact) mass is 336 g/mol. The molecular formula is C19H16N2O4. The van der Waals surface area contributed by atoms with Crippen molar-refractivity contribution < 1.29 is 19.1 Å². The lowest BCUT2D eigenvalue weighted by Gasteiger charge is -2.23. The van der Waals surface area contributed by atoms with Crippen LogP contribution in [-0.4, -0.2) is 39.1 Å². The van der Waals surface area contributed by atoms with Crippen LogP contribution in [-0.2, 0) is 15.0 Å². The molecule has 0 fully saturated rings. The van der Waals surface area contributed by atoms with Crippen molar-refractivity contribution in [1.29, 1.82) is 0 Å². The van der Waals surface area contributed by atoms with E-state index in [4.69, 9.17) is 9.47 Å². The molecule has 6 nitrogen and oxygen atoms in total. The van der Waals surface area contributed by atoms with E-state index in [0.717, 1.165) is 11.3 Å². The van der Waals surface area contributed by atoms with E-state index in [1.165, 1.54) is 0 Å². The van der Waals surface area contributed by atoms with Gasteiger partial charge in [-0.3, -0.25) is 9.59 Å². The van der Waals surface area contributed by atoms with E-state index in [1.807, 2.05) is 24.3 Å². The topological polar surface area (TPSA) is 59.1 Å². The second-order valence-corrected chi connectivity index (χ2v) is 6.51. The first-order valence-electron chi connectivity index (χ1n) is 8.16. The van der Waals surface area contributed by atoms with Crippen LogP contribution in [0.5, 0.6) is 11.5 Å². The van der Waals surface area contributed by atoms with Crippen LogP contribution in [0.1, 0.15) is 11.1 Å². The van der Waals surface area contributed by atoms with E-state index in [0.29, 0.717) is 36.0 Å². The Balaban J connectivity index is 1.85. The molecule has 0 saturated heterocycles. The second-order valence-electron chi connectivity index (χ2n) is 6.51. The predicted molar refractivity (Wildman–Crippen MR) is 91.5 cm³/mol. The molecule has 3 aliphatic rings. The molecule has 1 unspecified atom stereocenters. The van der Waals surface area contributed by atoms with E-state index >= 15 is 0 Å². The highest BCUT2D eigenvalue weighted by atomic mass is 16.6. The molecule has 0 radical (unpaired) electrons. The van der Waals surface area contributed by atoms with Gasteiger partial charge < -0.3 is 19.3 Å². The first kappa shape index (κ1) is 14.3. The molecule has 0 saturated carbocycles. The van der Waals surface area contributed by atoms with Gasteiger partial charge in [-0.25, -0.2) is 0 Å². The molecule has 0 aliphatic carbocycles. The number of hydrogen-bond donors (Lipinski definition) is 0. The fourth-order valence-electron chi connectivity index (χ4n) is 4.16. The number of rotatable bonds is 0. The lowest BCUT2D eigenvalue weighted by atomic mass is 9.76. The van der Waals surface area contributed by atoms with Crippen LogP contribution >= 0.6 is 0 Å². The number of benzene rings is 2. The first-order chi connectivity index (χ1) is 12.1. The number of ether oxygens (including phenoxy) is 2. The number of likely N-dealkylation sites (N-methyl/N-ethyl adjacent to an activating group) is 2. The number of hydrogen-bond acceptors (Lipinski definition) is 4. The highest BCUT2D eigenvalue weighted by Crippen LogP contribution is 2.55. The van der Waals surface area contributed by atoms with Gasteiger partial charge in [0.2, 0.25) is 0 Å². The zero-order chi connectivity index (χ0) is 17.3. The highest BCUT2D eigenvalue weighted by molar-refractivity contribution is 6.31. The maximum atomic E-state index is 13.3. The largest absolute Gasteiger partial charge is 0.486 e. The lowest BCUT2D eigenvalue weighted by Crippen LogP contribution is -2.47. The smallest absolute Gasteiger partial charge is 0.251 e. The molecule has 25 heavy (non-hydrogen) atoms. The van der Waals surface area contributed by atoms with Crippen molar-refractivity contribution in [3.05, 3.63) is 47.5 Å². The Bertz CT molecular complexity index is 954. The summed E-state index contributed by atoms with van der Waals surface area (Å²) in [7, 11) is 3.40. The van der Waals surface area contributed by atoms with Gasteiger partial charge in [0.25, 0.3) is 11.8 Å². The average Bonchev–Trinajstić information content (AvgIpc) is 3.00. The minimum atomic E-state index is -1.34. The maximum absolute atomic E-state index is 13.3. The third kappa shape index (κ3) is 1.50. The quantitative estimate of drug-likeness (QED) is 0.687. The fraction of sp³-hybridized carbons (Fsp3) is 0.263. The van der Waals surface area contributed by atoms with Gasteiger partial charge in [-0.1, -0.05) is 18.2 Å².